The number of unbranched alkanes of at least 4 members (excludes halogenated alkanes) is 1. The molecule has 1 saturated heterocycles. The summed E-state index contributed by atoms with van der Waals surface area (Å²) in [6.45, 7) is 4.72. The van der Waals surface area contributed by atoms with Crippen LogP contribution in [0.2, 0.25) is 5.02 Å². The molecule has 0 unspecified atom stereocenters. The highest BCUT2D eigenvalue weighted by atomic mass is 35.5. The minimum absolute atomic E-state index is 0.0577. The van der Waals surface area contributed by atoms with E-state index < -0.39 is 17.6 Å². The van der Waals surface area contributed by atoms with E-state index in [9.17, 15) is 9.18 Å². The maximum Gasteiger partial charge on any atom is 0.366 e. The summed E-state index contributed by atoms with van der Waals surface area (Å²) in [7, 11) is 1.31. The Bertz CT molecular complexity index is 674. The number of halogens is 2. The van der Waals surface area contributed by atoms with Crippen molar-refractivity contribution in [2.45, 2.75) is 38.9 Å². The SMILES string of the molecule is COC(=O)C1(C)OCC(CCCCON=C(C)c2ccc(F)c(Cl)c2)CO1. The molecular weight excluding hydrogens is 377 g/mol. The highest BCUT2D eigenvalue weighted by molar-refractivity contribution is 6.31. The first-order valence-electron chi connectivity index (χ1n) is 8.84. The molecule has 1 aromatic rings. The van der Waals surface area contributed by atoms with Crippen LogP contribution in [0.15, 0.2) is 23.4 Å². The van der Waals surface area contributed by atoms with E-state index in [0.717, 1.165) is 19.3 Å². The number of nitrogens with zero attached hydrogens (tertiary/aromatic N) is 1. The monoisotopic (exact) mass is 401 g/mol. The van der Waals surface area contributed by atoms with Crippen molar-refractivity contribution >= 4 is 23.3 Å². The third kappa shape index (κ3) is 6.16. The van der Waals surface area contributed by atoms with Crippen LogP contribution in [0.1, 0.15) is 38.7 Å². The fourth-order valence-electron chi connectivity index (χ4n) is 2.63. The van der Waals surface area contributed by atoms with Gasteiger partial charge in [-0.1, -0.05) is 22.8 Å². The molecule has 0 aromatic heterocycles. The van der Waals surface area contributed by atoms with Gasteiger partial charge in [0.05, 0.1) is 31.1 Å². The van der Waals surface area contributed by atoms with Gasteiger partial charge in [-0.3, -0.25) is 0 Å². The predicted molar refractivity (Wildman–Crippen MR) is 99.2 cm³/mol. The quantitative estimate of drug-likeness (QED) is 0.285. The molecule has 0 radical (unpaired) electrons. The number of ether oxygens (including phenoxy) is 3. The molecule has 1 aliphatic heterocycles. The first-order valence-corrected chi connectivity index (χ1v) is 9.22. The van der Waals surface area contributed by atoms with Crippen LogP contribution in [0.4, 0.5) is 4.39 Å². The van der Waals surface area contributed by atoms with Gasteiger partial charge in [0.1, 0.15) is 12.4 Å². The van der Waals surface area contributed by atoms with E-state index in [1.54, 1.807) is 19.9 Å². The smallest absolute Gasteiger partial charge is 0.366 e. The summed E-state index contributed by atoms with van der Waals surface area (Å²) in [4.78, 5) is 16.9. The maximum absolute atomic E-state index is 13.2. The van der Waals surface area contributed by atoms with Gasteiger partial charge in [-0.15, -0.1) is 0 Å². The summed E-state index contributed by atoms with van der Waals surface area (Å²) in [5.41, 5.74) is 1.35. The van der Waals surface area contributed by atoms with E-state index in [2.05, 4.69) is 9.89 Å². The number of hydrogen-bond acceptors (Lipinski definition) is 6. The molecule has 0 N–H and O–H groups in total. The second kappa shape index (κ2) is 10.0. The number of carbonyl (C=O) groups excluding carboxylic acids is 1. The molecule has 150 valence electrons. The average Bonchev–Trinajstić information content (AvgIpc) is 2.67. The number of hydrogen-bond donors (Lipinski definition) is 0. The molecule has 6 nitrogen and oxygen atoms in total. The van der Waals surface area contributed by atoms with Crippen molar-refractivity contribution in [1.29, 1.82) is 0 Å². The number of carbonyl (C=O) groups is 1. The molecule has 1 aliphatic rings. The van der Waals surface area contributed by atoms with Crippen LogP contribution in [0.5, 0.6) is 0 Å². The lowest BCUT2D eigenvalue weighted by Crippen LogP contribution is -2.48. The fraction of sp³-hybridized carbons (Fsp3) is 0.579. The molecule has 0 atom stereocenters. The van der Waals surface area contributed by atoms with Gasteiger partial charge in [0.25, 0.3) is 5.79 Å². The lowest BCUT2D eigenvalue weighted by atomic mass is 10.0. The van der Waals surface area contributed by atoms with Crippen molar-refractivity contribution in [2.24, 2.45) is 11.1 Å². The van der Waals surface area contributed by atoms with E-state index >= 15 is 0 Å². The zero-order chi connectivity index (χ0) is 19.9. The molecule has 27 heavy (non-hydrogen) atoms. The highest BCUT2D eigenvalue weighted by Crippen LogP contribution is 2.25. The fourth-order valence-corrected chi connectivity index (χ4v) is 2.81. The molecule has 0 saturated carbocycles. The van der Waals surface area contributed by atoms with E-state index in [1.165, 1.54) is 19.2 Å². The number of esters is 1. The number of oxime groups is 1. The van der Waals surface area contributed by atoms with Gasteiger partial charge in [-0.05, 0) is 38.3 Å². The lowest BCUT2D eigenvalue weighted by molar-refractivity contribution is -0.272. The number of rotatable bonds is 8. The molecule has 0 aliphatic carbocycles. The average molecular weight is 402 g/mol. The van der Waals surface area contributed by atoms with Crippen molar-refractivity contribution in [3.05, 3.63) is 34.6 Å². The summed E-state index contributed by atoms with van der Waals surface area (Å²) >= 11 is 5.76. The third-order valence-electron chi connectivity index (χ3n) is 4.38. The van der Waals surface area contributed by atoms with Crippen LogP contribution in [0, 0.1) is 11.7 Å². The molecular formula is C19H25ClFNO5. The minimum Gasteiger partial charge on any atom is -0.465 e. The third-order valence-corrected chi connectivity index (χ3v) is 4.67. The van der Waals surface area contributed by atoms with Crippen LogP contribution in [0.3, 0.4) is 0 Å². The van der Waals surface area contributed by atoms with Crippen molar-refractivity contribution < 1.29 is 28.2 Å². The van der Waals surface area contributed by atoms with Crippen molar-refractivity contribution in [3.63, 3.8) is 0 Å². The summed E-state index contributed by atoms with van der Waals surface area (Å²) in [6, 6.07) is 4.43. The van der Waals surface area contributed by atoms with E-state index in [0.29, 0.717) is 31.1 Å². The molecule has 0 bridgehead atoms. The van der Waals surface area contributed by atoms with Gasteiger partial charge in [0.15, 0.2) is 0 Å². The van der Waals surface area contributed by atoms with E-state index in [4.69, 9.17) is 25.9 Å². The first-order chi connectivity index (χ1) is 12.9. The Morgan fingerprint density at radius 3 is 2.70 bits per heavy atom. The highest BCUT2D eigenvalue weighted by Gasteiger charge is 2.41. The van der Waals surface area contributed by atoms with Crippen LogP contribution in [-0.4, -0.2) is 44.4 Å². The molecule has 1 heterocycles. The van der Waals surface area contributed by atoms with Crippen molar-refractivity contribution in [2.75, 3.05) is 26.9 Å². The van der Waals surface area contributed by atoms with E-state index in [-0.39, 0.29) is 10.9 Å². The van der Waals surface area contributed by atoms with Crippen LogP contribution in [0.25, 0.3) is 0 Å². The van der Waals surface area contributed by atoms with Gasteiger partial charge in [0.2, 0.25) is 0 Å². The van der Waals surface area contributed by atoms with Crippen LogP contribution in [-0.2, 0) is 23.8 Å². The summed E-state index contributed by atoms with van der Waals surface area (Å²) in [5.74, 6) is -2.06. The zero-order valence-electron chi connectivity index (χ0n) is 15.8. The maximum atomic E-state index is 13.2. The number of methoxy groups -OCH3 is 1. The van der Waals surface area contributed by atoms with Gasteiger partial charge >= 0.3 is 5.97 Å². The molecule has 1 aromatic carbocycles. The van der Waals surface area contributed by atoms with Crippen molar-refractivity contribution in [1.82, 2.24) is 0 Å². The molecule has 8 heteroatoms. The van der Waals surface area contributed by atoms with Gasteiger partial charge in [-0.2, -0.15) is 0 Å². The van der Waals surface area contributed by atoms with Gasteiger partial charge in [-0.25, -0.2) is 9.18 Å². The van der Waals surface area contributed by atoms with Gasteiger partial charge in [0, 0.05) is 18.4 Å². The van der Waals surface area contributed by atoms with Crippen molar-refractivity contribution in [3.8, 4) is 0 Å². The van der Waals surface area contributed by atoms with Gasteiger partial charge < -0.3 is 19.0 Å². The molecule has 0 spiro atoms. The van der Waals surface area contributed by atoms with E-state index in [1.807, 2.05) is 0 Å². The standard InChI is InChI=1S/C19H25ClFNO5/c1-13(15-7-8-17(21)16(20)10-15)22-27-9-5-4-6-14-11-25-19(2,26-12-14)18(23)24-3/h7-8,10,14H,4-6,9,11-12H2,1-3H3. The zero-order valence-corrected chi connectivity index (χ0v) is 16.6. The second-order valence-corrected chi connectivity index (χ2v) is 6.97. The normalized spacial score (nSPS) is 23.1. The first kappa shape index (κ1) is 21.6. The Morgan fingerprint density at radius 1 is 1.37 bits per heavy atom. The molecule has 1 fully saturated rings. The Balaban J connectivity index is 1.64. The van der Waals surface area contributed by atoms with Crippen LogP contribution >= 0.6 is 11.6 Å². The summed E-state index contributed by atoms with van der Waals surface area (Å²) in [5, 5.41) is 4.09. The minimum atomic E-state index is -1.30. The Labute approximate surface area is 163 Å². The molecule has 0 amide bonds. The molecule has 2 rings (SSSR count). The second-order valence-electron chi connectivity index (χ2n) is 6.56. The Kier molecular flexibility index (Phi) is 8.01. The summed E-state index contributed by atoms with van der Waals surface area (Å²) in [6.07, 6.45) is 2.64. The largest absolute Gasteiger partial charge is 0.465 e. The summed E-state index contributed by atoms with van der Waals surface area (Å²) < 4.78 is 28.9. The Hall–Kier alpha value is -1.70. The number of benzene rings is 1. The lowest BCUT2D eigenvalue weighted by Gasteiger charge is -2.35. The predicted octanol–water partition coefficient (Wildman–Crippen LogP) is 3.94. The Morgan fingerprint density at radius 2 is 2.07 bits per heavy atom. The topological polar surface area (TPSA) is 66.4 Å². The van der Waals surface area contributed by atoms with Crippen LogP contribution < -0.4 is 0 Å².